The first-order valence-corrected chi connectivity index (χ1v) is 21.7. The molecule has 0 aliphatic rings. The molecule has 0 atom stereocenters. The van der Waals surface area contributed by atoms with Crippen LogP contribution in [0.15, 0.2) is 60.7 Å². The minimum atomic E-state index is -0.541. The number of aromatic nitrogens is 4. The molecular formula is C51H58N4O9. The van der Waals surface area contributed by atoms with Crippen LogP contribution in [0.3, 0.4) is 0 Å². The molecule has 0 bridgehead atoms. The minimum absolute atomic E-state index is 0.0783. The molecule has 6 rings (SSSR count). The van der Waals surface area contributed by atoms with Crippen LogP contribution < -0.4 is 0 Å². The molecule has 0 radical (unpaired) electrons. The molecule has 0 unspecified atom stereocenters. The number of hydrogen-bond donors (Lipinski definition) is 4. The molecule has 64 heavy (non-hydrogen) atoms. The Kier molecular flexibility index (Phi) is 15.3. The van der Waals surface area contributed by atoms with Crippen molar-refractivity contribution < 1.29 is 42.9 Å². The van der Waals surface area contributed by atoms with Gasteiger partial charge >= 0.3 is 23.9 Å². The number of H-pyrrole nitrogens is 4. The first kappa shape index (κ1) is 46.6. The number of nitrogens with one attached hydrogen (secondary N) is 4. The van der Waals surface area contributed by atoms with Crippen LogP contribution in [0.5, 0.6) is 0 Å². The Labute approximate surface area is 373 Å². The van der Waals surface area contributed by atoms with Crippen molar-refractivity contribution in [3.63, 3.8) is 0 Å². The Bertz CT molecular complexity index is 2640. The number of rotatable bonds is 20. The molecule has 4 N–H and O–H groups in total. The van der Waals surface area contributed by atoms with Gasteiger partial charge < -0.3 is 38.9 Å². The lowest BCUT2D eigenvalue weighted by atomic mass is 9.97. The highest BCUT2D eigenvalue weighted by Gasteiger charge is 2.29. The molecule has 0 aliphatic heterocycles. The third-order valence-electron chi connectivity index (χ3n) is 12.2. The fourth-order valence-electron chi connectivity index (χ4n) is 8.56. The van der Waals surface area contributed by atoms with Gasteiger partial charge in [0.05, 0.1) is 25.6 Å². The summed E-state index contributed by atoms with van der Waals surface area (Å²) in [4.78, 5) is 80.0. The number of hydrogen-bond acceptors (Lipinski definition) is 9. The molecule has 13 heteroatoms. The Hall–Kier alpha value is -6.89. The summed E-state index contributed by atoms with van der Waals surface area (Å²) in [6, 6.07) is 18.9. The summed E-state index contributed by atoms with van der Waals surface area (Å²) in [5, 5.41) is 0. The van der Waals surface area contributed by atoms with Gasteiger partial charge in [-0.15, -0.1) is 0 Å². The third kappa shape index (κ3) is 10.3. The lowest BCUT2D eigenvalue weighted by Gasteiger charge is -2.08. The van der Waals surface area contributed by atoms with Crippen LogP contribution in [0.2, 0.25) is 0 Å². The van der Waals surface area contributed by atoms with Crippen LogP contribution in [0.1, 0.15) is 142 Å². The van der Waals surface area contributed by atoms with Crippen LogP contribution in [-0.4, -0.2) is 63.8 Å². The van der Waals surface area contributed by atoms with Gasteiger partial charge in [-0.05, 0) is 109 Å². The van der Waals surface area contributed by atoms with Gasteiger partial charge in [0.15, 0.2) is 0 Å². The van der Waals surface area contributed by atoms with Crippen LogP contribution in [0.4, 0.5) is 0 Å². The van der Waals surface area contributed by atoms with Crippen molar-refractivity contribution in [1.29, 1.82) is 0 Å². The van der Waals surface area contributed by atoms with Gasteiger partial charge in [0.25, 0.3) is 0 Å². The summed E-state index contributed by atoms with van der Waals surface area (Å²) in [5.41, 5.74) is 12.8. The van der Waals surface area contributed by atoms with E-state index in [9.17, 15) is 24.0 Å². The molecule has 0 saturated carbocycles. The molecule has 0 fully saturated rings. The van der Waals surface area contributed by atoms with Crippen LogP contribution in [-0.2, 0) is 80.3 Å². The van der Waals surface area contributed by atoms with Crippen molar-refractivity contribution in [2.24, 2.45) is 0 Å². The number of carbonyl (C=O) groups excluding carboxylic acids is 5. The number of benzene rings is 2. The number of ether oxygens (including phenoxy) is 4. The Morgan fingerprint density at radius 2 is 0.859 bits per heavy atom. The molecular weight excluding hydrogens is 813 g/mol. The second kappa shape index (κ2) is 21.0. The normalized spacial score (nSPS) is 11.1. The maximum absolute atomic E-state index is 14.8. The molecule has 0 aliphatic carbocycles. The third-order valence-corrected chi connectivity index (χ3v) is 12.2. The molecule has 2 aromatic carbocycles. The van der Waals surface area contributed by atoms with E-state index in [4.69, 9.17) is 18.9 Å². The second-order valence-electron chi connectivity index (χ2n) is 16.0. The van der Waals surface area contributed by atoms with Crippen molar-refractivity contribution in [3.05, 3.63) is 162 Å². The van der Waals surface area contributed by atoms with Gasteiger partial charge in [0.2, 0.25) is 5.78 Å². The highest BCUT2D eigenvalue weighted by Crippen LogP contribution is 2.32. The van der Waals surface area contributed by atoms with E-state index >= 15 is 0 Å². The number of aromatic amines is 4. The van der Waals surface area contributed by atoms with Gasteiger partial charge in [-0.2, -0.15) is 0 Å². The van der Waals surface area contributed by atoms with Gasteiger partial charge in [0, 0.05) is 48.5 Å². The lowest BCUT2D eigenvalue weighted by molar-refractivity contribution is -0.141. The standard InChI is InChI=1S/C51H58N4O9/c1-9-35-30(4)46(50(59)63-27-33-17-13-11-14-18-33)54-40(35)25-39-29(3)36(10-2)48(52-39)49(58)45-31(5)37(21-23-43(56)61-7)41(53-45)26-42-38(22-24-44(57)62-8)32(6)47(55-42)51(60)64-28-34-19-15-12-16-20-34/h11-20,52-55H,9-10,21-28H2,1-8H3. The second-order valence-corrected chi connectivity index (χ2v) is 16.0. The fourth-order valence-corrected chi connectivity index (χ4v) is 8.56. The number of carbonyl (C=O) groups is 5. The molecule has 4 heterocycles. The molecule has 0 saturated heterocycles. The number of methoxy groups -OCH3 is 2. The van der Waals surface area contributed by atoms with Crippen LogP contribution >= 0.6 is 0 Å². The quantitative estimate of drug-likeness (QED) is 0.0331. The molecule has 0 amide bonds. The Morgan fingerprint density at radius 3 is 1.31 bits per heavy atom. The van der Waals surface area contributed by atoms with Crippen molar-refractivity contribution in [1.82, 2.24) is 19.9 Å². The molecule has 6 aromatic rings. The fraction of sp³-hybridized carbons (Fsp3) is 0.353. The zero-order valence-corrected chi connectivity index (χ0v) is 38.0. The van der Waals surface area contributed by atoms with Crippen molar-refractivity contribution in [2.45, 2.75) is 106 Å². The van der Waals surface area contributed by atoms with E-state index in [0.29, 0.717) is 71.7 Å². The number of ketones is 1. The zero-order chi connectivity index (χ0) is 46.1. The van der Waals surface area contributed by atoms with Gasteiger partial charge in [-0.3, -0.25) is 14.4 Å². The monoisotopic (exact) mass is 870 g/mol. The van der Waals surface area contributed by atoms with Crippen molar-refractivity contribution in [3.8, 4) is 0 Å². The summed E-state index contributed by atoms with van der Waals surface area (Å²) < 4.78 is 21.3. The van der Waals surface area contributed by atoms with E-state index in [2.05, 4.69) is 19.9 Å². The topological polar surface area (TPSA) is 185 Å². The molecule has 4 aromatic heterocycles. The van der Waals surface area contributed by atoms with E-state index in [0.717, 1.165) is 55.9 Å². The van der Waals surface area contributed by atoms with Gasteiger partial charge in [0.1, 0.15) is 24.6 Å². The smallest absolute Gasteiger partial charge is 0.355 e. The first-order chi connectivity index (χ1) is 30.8. The SMILES string of the molecule is CCc1c(Cc2[nH]c(C(=O)c3[nH]c(Cc4[nH]c(C(=O)OCc5ccccc5)c(C)c4CCC(=O)OC)c(CCC(=O)OC)c3C)c(CC)c2C)[nH]c(C(=O)OCc2ccccc2)c1C. The van der Waals surface area contributed by atoms with E-state index in [1.54, 1.807) is 0 Å². The maximum atomic E-state index is 14.8. The minimum Gasteiger partial charge on any atom is -0.469 e. The number of esters is 4. The van der Waals surface area contributed by atoms with Gasteiger partial charge in [-0.1, -0.05) is 74.5 Å². The predicted octanol–water partition coefficient (Wildman–Crippen LogP) is 8.70. The Morgan fingerprint density at radius 1 is 0.469 bits per heavy atom. The van der Waals surface area contributed by atoms with E-state index in [1.807, 2.05) is 102 Å². The summed E-state index contributed by atoms with van der Waals surface area (Å²) in [7, 11) is 2.67. The molecule has 13 nitrogen and oxygen atoms in total. The summed E-state index contributed by atoms with van der Waals surface area (Å²) in [6.45, 7) is 11.9. The van der Waals surface area contributed by atoms with E-state index in [-0.39, 0.29) is 44.0 Å². The highest BCUT2D eigenvalue weighted by molar-refractivity contribution is 6.09. The molecule has 0 spiro atoms. The summed E-state index contributed by atoms with van der Waals surface area (Å²) in [5.74, 6) is -2.00. The first-order valence-electron chi connectivity index (χ1n) is 21.7. The van der Waals surface area contributed by atoms with E-state index < -0.39 is 23.9 Å². The highest BCUT2D eigenvalue weighted by atomic mass is 16.5. The van der Waals surface area contributed by atoms with Crippen LogP contribution in [0.25, 0.3) is 0 Å². The maximum Gasteiger partial charge on any atom is 0.355 e. The molecule has 336 valence electrons. The zero-order valence-electron chi connectivity index (χ0n) is 38.0. The lowest BCUT2D eigenvalue weighted by Crippen LogP contribution is -2.08. The van der Waals surface area contributed by atoms with Crippen LogP contribution in [0, 0.1) is 27.7 Å². The average Bonchev–Trinajstić information content (AvgIpc) is 4.01. The predicted molar refractivity (Wildman–Crippen MR) is 242 cm³/mol. The Balaban J connectivity index is 1.33. The average molecular weight is 871 g/mol. The summed E-state index contributed by atoms with van der Waals surface area (Å²) >= 11 is 0. The summed E-state index contributed by atoms with van der Waals surface area (Å²) in [6.07, 6.45) is 2.67. The van der Waals surface area contributed by atoms with Crippen molar-refractivity contribution in [2.75, 3.05) is 14.2 Å². The van der Waals surface area contributed by atoms with Gasteiger partial charge in [-0.25, -0.2) is 9.59 Å². The van der Waals surface area contributed by atoms with Crippen molar-refractivity contribution >= 4 is 29.7 Å². The van der Waals surface area contributed by atoms with E-state index in [1.165, 1.54) is 14.2 Å². The largest absolute Gasteiger partial charge is 0.469 e.